The molecule has 184 valence electrons. The van der Waals surface area contributed by atoms with Gasteiger partial charge in [0.15, 0.2) is 10.8 Å². The fourth-order valence-electron chi connectivity index (χ4n) is 3.82. The van der Waals surface area contributed by atoms with Gasteiger partial charge in [-0.15, -0.1) is 0 Å². The van der Waals surface area contributed by atoms with Crippen molar-refractivity contribution in [3.63, 3.8) is 0 Å². The van der Waals surface area contributed by atoms with E-state index in [1.54, 1.807) is 49.9 Å². The highest BCUT2D eigenvalue weighted by Crippen LogP contribution is 2.39. The molecule has 35 heavy (non-hydrogen) atoms. The number of anilines is 2. The molecule has 1 aromatic carbocycles. The molecule has 0 radical (unpaired) electrons. The fourth-order valence-corrected chi connectivity index (χ4v) is 4.34. The average molecular weight is 504 g/mol. The average Bonchev–Trinajstić information content (AvgIpc) is 2.96. The molecule has 0 saturated carbocycles. The van der Waals surface area contributed by atoms with Gasteiger partial charge in [-0.05, 0) is 62.7 Å². The molecule has 11 heteroatoms. The van der Waals surface area contributed by atoms with Crippen LogP contribution in [-0.2, 0) is 22.2 Å². The molecule has 1 aliphatic heterocycles. The smallest absolute Gasteiger partial charge is 0.349 e. The van der Waals surface area contributed by atoms with Gasteiger partial charge >= 0.3 is 6.18 Å². The van der Waals surface area contributed by atoms with Crippen LogP contribution in [0.15, 0.2) is 36.5 Å². The lowest BCUT2D eigenvalue weighted by Gasteiger charge is -2.29. The van der Waals surface area contributed by atoms with Crippen molar-refractivity contribution in [2.24, 2.45) is 0 Å². The summed E-state index contributed by atoms with van der Waals surface area (Å²) in [5, 5.41) is 9.00. The van der Waals surface area contributed by atoms with Crippen molar-refractivity contribution in [2.45, 2.75) is 44.8 Å². The first-order valence-electron chi connectivity index (χ1n) is 10.7. The number of aryl methyl sites for hydroxylation is 1. The molecule has 0 unspecified atom stereocenters. The number of carbonyl (C=O) groups is 2. The number of aromatic nitrogens is 1. The van der Waals surface area contributed by atoms with Gasteiger partial charge in [0.2, 0.25) is 5.91 Å². The minimum atomic E-state index is -4.82. The Kier molecular flexibility index (Phi) is 7.17. The molecule has 3 rings (SSSR count). The SMILES string of the molecule is CN(C)C(=O)CCCc1ccc(N2C(=S)N(c3cnc(C#N)c(C(F)(F)F)c3)C(=O)C2(C)C)cc1. The van der Waals surface area contributed by atoms with Crippen LogP contribution in [0.4, 0.5) is 24.5 Å². The van der Waals surface area contributed by atoms with Crippen LogP contribution in [0.5, 0.6) is 0 Å². The number of halogens is 3. The predicted octanol–water partition coefficient (Wildman–Crippen LogP) is 4.30. The molecular formula is C24H24F3N5O2S. The molecule has 0 atom stereocenters. The van der Waals surface area contributed by atoms with Crippen molar-refractivity contribution in [3.05, 3.63) is 53.3 Å². The van der Waals surface area contributed by atoms with Crippen LogP contribution in [0.2, 0.25) is 0 Å². The summed E-state index contributed by atoms with van der Waals surface area (Å²) in [6.07, 6.45) is -1.98. The number of rotatable bonds is 6. The van der Waals surface area contributed by atoms with Crippen molar-refractivity contribution in [1.82, 2.24) is 9.88 Å². The molecule has 1 fully saturated rings. The third-order valence-corrected chi connectivity index (χ3v) is 6.13. The fraction of sp³-hybridized carbons (Fsp3) is 0.375. The van der Waals surface area contributed by atoms with Gasteiger partial charge in [-0.2, -0.15) is 18.4 Å². The van der Waals surface area contributed by atoms with E-state index in [4.69, 9.17) is 17.5 Å². The summed E-state index contributed by atoms with van der Waals surface area (Å²) in [7, 11) is 3.42. The van der Waals surface area contributed by atoms with Gasteiger partial charge < -0.3 is 9.80 Å². The maximum Gasteiger partial charge on any atom is 0.419 e. The van der Waals surface area contributed by atoms with Crippen LogP contribution < -0.4 is 9.80 Å². The zero-order valence-corrected chi connectivity index (χ0v) is 20.5. The van der Waals surface area contributed by atoms with Gasteiger partial charge in [0.1, 0.15) is 11.6 Å². The van der Waals surface area contributed by atoms with Gasteiger partial charge in [0.05, 0.1) is 17.4 Å². The Morgan fingerprint density at radius 3 is 2.37 bits per heavy atom. The summed E-state index contributed by atoms with van der Waals surface area (Å²) >= 11 is 5.52. The molecule has 7 nitrogen and oxygen atoms in total. The third-order valence-electron chi connectivity index (χ3n) is 5.76. The predicted molar refractivity (Wildman–Crippen MR) is 129 cm³/mol. The summed E-state index contributed by atoms with van der Waals surface area (Å²) < 4.78 is 40.3. The second kappa shape index (κ2) is 9.62. The van der Waals surface area contributed by atoms with Gasteiger partial charge in [0.25, 0.3) is 5.91 Å². The highest BCUT2D eigenvalue weighted by atomic mass is 32.1. The molecule has 1 aromatic heterocycles. The normalized spacial score (nSPS) is 15.4. The first-order valence-corrected chi connectivity index (χ1v) is 11.1. The number of nitrogens with zero attached hydrogens (tertiary/aromatic N) is 5. The number of hydrogen-bond acceptors (Lipinski definition) is 5. The first kappa shape index (κ1) is 26.1. The van der Waals surface area contributed by atoms with E-state index in [2.05, 4.69) is 4.98 Å². The van der Waals surface area contributed by atoms with E-state index in [-0.39, 0.29) is 16.7 Å². The Bertz CT molecular complexity index is 1200. The van der Waals surface area contributed by atoms with Crippen LogP contribution >= 0.6 is 12.2 Å². The van der Waals surface area contributed by atoms with Crippen molar-refractivity contribution in [2.75, 3.05) is 23.9 Å². The summed E-state index contributed by atoms with van der Waals surface area (Å²) in [6.45, 7) is 3.26. The zero-order valence-electron chi connectivity index (χ0n) is 19.7. The van der Waals surface area contributed by atoms with Crippen molar-refractivity contribution >= 4 is 40.5 Å². The maximum absolute atomic E-state index is 13.4. The van der Waals surface area contributed by atoms with E-state index in [1.807, 2.05) is 12.1 Å². The van der Waals surface area contributed by atoms with E-state index >= 15 is 0 Å². The lowest BCUT2D eigenvalue weighted by atomic mass is 10.0. The third kappa shape index (κ3) is 5.12. The molecule has 0 spiro atoms. The largest absolute Gasteiger partial charge is 0.419 e. The van der Waals surface area contributed by atoms with E-state index < -0.39 is 28.9 Å². The topological polar surface area (TPSA) is 80.5 Å². The van der Waals surface area contributed by atoms with Gasteiger partial charge in [0, 0.05) is 26.2 Å². The Morgan fingerprint density at radius 2 is 1.83 bits per heavy atom. The molecule has 2 amide bonds. The molecule has 1 aliphatic rings. The molecular weight excluding hydrogens is 479 g/mol. The Morgan fingerprint density at radius 1 is 1.20 bits per heavy atom. The molecule has 2 aromatic rings. The minimum absolute atomic E-state index is 0.00367. The summed E-state index contributed by atoms with van der Waals surface area (Å²) in [4.78, 5) is 32.7. The summed E-state index contributed by atoms with van der Waals surface area (Å²) in [5.74, 6) is -0.469. The molecule has 2 heterocycles. The quantitative estimate of drug-likeness (QED) is 0.547. The van der Waals surface area contributed by atoms with Crippen LogP contribution in [0.25, 0.3) is 0 Å². The zero-order chi connectivity index (χ0) is 26.1. The van der Waals surface area contributed by atoms with Crippen molar-refractivity contribution in [3.8, 4) is 6.07 Å². The standard InChI is InChI=1S/C24H24F3N5O2S/c1-23(2)21(34)31(17-12-18(24(25,26)27)19(13-28)29-14-17)22(35)32(23)16-10-8-15(9-11-16)6-5-7-20(33)30(3)4/h8-12,14H,5-7H2,1-4H3. The lowest BCUT2D eigenvalue weighted by Crippen LogP contribution is -2.44. The highest BCUT2D eigenvalue weighted by molar-refractivity contribution is 7.81. The lowest BCUT2D eigenvalue weighted by molar-refractivity contribution is -0.138. The Hall–Kier alpha value is -3.52. The monoisotopic (exact) mass is 503 g/mol. The minimum Gasteiger partial charge on any atom is -0.349 e. The Balaban J connectivity index is 1.87. The van der Waals surface area contributed by atoms with Crippen LogP contribution in [0.1, 0.15) is 43.5 Å². The van der Waals surface area contributed by atoms with E-state index in [1.165, 1.54) is 6.07 Å². The number of alkyl halides is 3. The second-order valence-corrected chi connectivity index (χ2v) is 9.19. The molecule has 0 N–H and O–H groups in total. The molecule has 1 saturated heterocycles. The highest BCUT2D eigenvalue weighted by Gasteiger charge is 2.50. The van der Waals surface area contributed by atoms with Crippen LogP contribution in [0.3, 0.4) is 0 Å². The van der Waals surface area contributed by atoms with Gasteiger partial charge in [-0.25, -0.2) is 4.98 Å². The van der Waals surface area contributed by atoms with Crippen LogP contribution in [0, 0.1) is 11.3 Å². The van der Waals surface area contributed by atoms with Crippen LogP contribution in [-0.4, -0.2) is 46.4 Å². The van der Waals surface area contributed by atoms with E-state index in [0.29, 0.717) is 31.0 Å². The number of nitriles is 1. The number of thiocarbonyl (C=S) groups is 1. The van der Waals surface area contributed by atoms with Crippen molar-refractivity contribution in [1.29, 1.82) is 5.26 Å². The van der Waals surface area contributed by atoms with Gasteiger partial charge in [-0.3, -0.25) is 14.5 Å². The molecule has 0 bridgehead atoms. The number of carbonyl (C=O) groups excluding carboxylic acids is 2. The van der Waals surface area contributed by atoms with Crippen molar-refractivity contribution < 1.29 is 22.8 Å². The van der Waals surface area contributed by atoms with E-state index in [0.717, 1.165) is 16.7 Å². The number of pyridine rings is 1. The number of benzene rings is 1. The summed E-state index contributed by atoms with van der Waals surface area (Å²) in [5.41, 5.74) is -1.76. The second-order valence-electron chi connectivity index (χ2n) is 8.82. The number of hydrogen-bond donors (Lipinski definition) is 0. The number of amides is 2. The Labute approximate surface area is 206 Å². The maximum atomic E-state index is 13.4. The van der Waals surface area contributed by atoms with Gasteiger partial charge in [-0.1, -0.05) is 12.1 Å². The van der Waals surface area contributed by atoms with E-state index in [9.17, 15) is 22.8 Å². The molecule has 0 aliphatic carbocycles. The summed E-state index contributed by atoms with van der Waals surface area (Å²) in [6, 6.07) is 9.44. The first-order chi connectivity index (χ1) is 16.3.